The number of hydrogen-bond acceptors (Lipinski definition) is 1. The van der Waals surface area contributed by atoms with Crippen LogP contribution in [0.15, 0.2) is 12.1 Å². The molecule has 0 heterocycles. The number of rotatable bonds is 1. The maximum atomic E-state index is 13.8. The third kappa shape index (κ3) is 1.29. The summed E-state index contributed by atoms with van der Waals surface area (Å²) in [5.74, 6) is 0.501. The van der Waals surface area contributed by atoms with Crippen molar-refractivity contribution < 1.29 is 9.13 Å². The second kappa shape index (κ2) is 2.97. The molecule has 0 unspecified atom stereocenters. The smallest absolute Gasteiger partial charge is 0.130 e. The summed E-state index contributed by atoms with van der Waals surface area (Å²) in [6.45, 7) is 4.18. The number of hydrogen-bond donors (Lipinski definition) is 0. The minimum atomic E-state index is -0.123. The molecule has 0 spiro atoms. The molecule has 76 valence electrons. The molecular formula is C12H15FO. The zero-order valence-electron chi connectivity index (χ0n) is 8.86. The van der Waals surface area contributed by atoms with Gasteiger partial charge in [0.15, 0.2) is 0 Å². The van der Waals surface area contributed by atoms with Crippen molar-refractivity contribution in [2.75, 3.05) is 7.11 Å². The van der Waals surface area contributed by atoms with E-state index in [1.165, 1.54) is 6.07 Å². The number of fused-ring (bicyclic) bond motifs is 1. The average molecular weight is 194 g/mol. The minimum absolute atomic E-state index is 0.0221. The van der Waals surface area contributed by atoms with Gasteiger partial charge in [-0.1, -0.05) is 13.8 Å². The van der Waals surface area contributed by atoms with Gasteiger partial charge in [-0.25, -0.2) is 4.39 Å². The second-order valence-electron chi connectivity index (χ2n) is 4.53. The van der Waals surface area contributed by atoms with Crippen molar-refractivity contribution in [1.82, 2.24) is 0 Å². The average Bonchev–Trinajstić information content (AvgIpc) is 2.42. The summed E-state index contributed by atoms with van der Waals surface area (Å²) in [6.07, 6.45) is 1.98. The molecule has 2 rings (SSSR count). The second-order valence-corrected chi connectivity index (χ2v) is 4.53. The van der Waals surface area contributed by atoms with Crippen LogP contribution in [-0.4, -0.2) is 7.11 Å². The monoisotopic (exact) mass is 194 g/mol. The highest BCUT2D eigenvalue weighted by molar-refractivity contribution is 5.44. The fourth-order valence-electron chi connectivity index (χ4n) is 2.28. The van der Waals surface area contributed by atoms with Crippen LogP contribution < -0.4 is 4.74 Å². The zero-order valence-corrected chi connectivity index (χ0v) is 8.86. The maximum Gasteiger partial charge on any atom is 0.130 e. The van der Waals surface area contributed by atoms with Crippen molar-refractivity contribution in [3.63, 3.8) is 0 Å². The predicted molar refractivity (Wildman–Crippen MR) is 54.3 cm³/mol. The third-order valence-corrected chi connectivity index (χ3v) is 3.08. The van der Waals surface area contributed by atoms with Gasteiger partial charge in [0, 0.05) is 6.07 Å². The highest BCUT2D eigenvalue weighted by Crippen LogP contribution is 2.41. The standard InChI is InChI=1S/C12H15FO/c1-12(2)5-4-8-6-9(14-3)7-10(13)11(8)12/h6-7H,4-5H2,1-3H3. The number of halogens is 1. The molecule has 0 amide bonds. The molecule has 0 N–H and O–H groups in total. The van der Waals surface area contributed by atoms with E-state index in [0.717, 1.165) is 24.0 Å². The van der Waals surface area contributed by atoms with Crippen LogP contribution in [0.5, 0.6) is 5.75 Å². The lowest BCUT2D eigenvalue weighted by atomic mass is 9.86. The molecule has 1 aliphatic carbocycles. The Balaban J connectivity index is 2.58. The lowest BCUT2D eigenvalue weighted by Crippen LogP contribution is -2.14. The molecule has 1 aromatic carbocycles. The summed E-state index contributed by atoms with van der Waals surface area (Å²) in [5.41, 5.74) is 1.95. The van der Waals surface area contributed by atoms with Crippen molar-refractivity contribution in [1.29, 1.82) is 0 Å². The number of aryl methyl sites for hydroxylation is 1. The molecule has 0 bridgehead atoms. The first kappa shape index (κ1) is 9.50. The highest BCUT2D eigenvalue weighted by atomic mass is 19.1. The normalized spacial score (nSPS) is 18.0. The molecule has 0 fully saturated rings. The van der Waals surface area contributed by atoms with Crippen LogP contribution in [0.3, 0.4) is 0 Å². The van der Waals surface area contributed by atoms with Gasteiger partial charge < -0.3 is 4.74 Å². The molecule has 0 radical (unpaired) electrons. The number of ether oxygens (including phenoxy) is 1. The van der Waals surface area contributed by atoms with Crippen LogP contribution in [0.2, 0.25) is 0 Å². The van der Waals surface area contributed by atoms with Crippen molar-refractivity contribution in [2.45, 2.75) is 32.1 Å². The van der Waals surface area contributed by atoms with Crippen molar-refractivity contribution in [3.05, 3.63) is 29.1 Å². The van der Waals surface area contributed by atoms with Gasteiger partial charge in [-0.2, -0.15) is 0 Å². The summed E-state index contributed by atoms with van der Waals surface area (Å²) in [5, 5.41) is 0. The molecule has 14 heavy (non-hydrogen) atoms. The van der Waals surface area contributed by atoms with Gasteiger partial charge in [-0.05, 0) is 35.4 Å². The van der Waals surface area contributed by atoms with E-state index in [0.29, 0.717) is 5.75 Å². The lowest BCUT2D eigenvalue weighted by molar-refractivity contribution is 0.409. The Kier molecular flexibility index (Phi) is 2.02. The highest BCUT2D eigenvalue weighted by Gasteiger charge is 2.33. The third-order valence-electron chi connectivity index (χ3n) is 3.08. The molecule has 0 aromatic heterocycles. The van der Waals surface area contributed by atoms with Crippen LogP contribution >= 0.6 is 0 Å². The van der Waals surface area contributed by atoms with Gasteiger partial charge in [0.25, 0.3) is 0 Å². The Labute approximate surface area is 83.9 Å². The van der Waals surface area contributed by atoms with E-state index in [4.69, 9.17) is 4.74 Å². The molecule has 1 aliphatic rings. The van der Waals surface area contributed by atoms with Crippen LogP contribution in [-0.2, 0) is 11.8 Å². The van der Waals surface area contributed by atoms with Crippen LogP contribution in [0.25, 0.3) is 0 Å². The van der Waals surface area contributed by atoms with E-state index < -0.39 is 0 Å². The van der Waals surface area contributed by atoms with E-state index in [9.17, 15) is 4.39 Å². The number of methoxy groups -OCH3 is 1. The fraction of sp³-hybridized carbons (Fsp3) is 0.500. The van der Waals surface area contributed by atoms with E-state index in [1.54, 1.807) is 7.11 Å². The van der Waals surface area contributed by atoms with E-state index >= 15 is 0 Å². The first-order chi connectivity index (χ1) is 6.54. The fourth-order valence-corrected chi connectivity index (χ4v) is 2.28. The summed E-state index contributed by atoms with van der Waals surface area (Å²) < 4.78 is 18.8. The van der Waals surface area contributed by atoms with Gasteiger partial charge in [-0.15, -0.1) is 0 Å². The van der Waals surface area contributed by atoms with Gasteiger partial charge in [-0.3, -0.25) is 0 Å². The summed E-state index contributed by atoms with van der Waals surface area (Å²) in [4.78, 5) is 0. The maximum absolute atomic E-state index is 13.8. The number of benzene rings is 1. The molecule has 0 atom stereocenters. The molecule has 0 saturated carbocycles. The predicted octanol–water partition coefficient (Wildman–Crippen LogP) is 3.06. The Morgan fingerprint density at radius 1 is 1.36 bits per heavy atom. The van der Waals surface area contributed by atoms with E-state index in [1.807, 2.05) is 6.07 Å². The van der Waals surface area contributed by atoms with Crippen molar-refractivity contribution >= 4 is 0 Å². The van der Waals surface area contributed by atoms with E-state index in [2.05, 4.69) is 13.8 Å². The van der Waals surface area contributed by atoms with Gasteiger partial charge >= 0.3 is 0 Å². The Bertz CT molecular complexity index is 369. The summed E-state index contributed by atoms with van der Waals surface area (Å²) in [6, 6.07) is 3.43. The molecule has 1 aromatic rings. The van der Waals surface area contributed by atoms with Gasteiger partial charge in [0.05, 0.1) is 7.11 Å². The quantitative estimate of drug-likeness (QED) is 0.667. The van der Waals surface area contributed by atoms with Crippen LogP contribution in [0.4, 0.5) is 4.39 Å². The SMILES string of the molecule is COc1cc(F)c2c(c1)CCC2(C)C. The minimum Gasteiger partial charge on any atom is -0.497 e. The lowest BCUT2D eigenvalue weighted by Gasteiger charge is -2.19. The Morgan fingerprint density at radius 3 is 2.71 bits per heavy atom. The van der Waals surface area contributed by atoms with Gasteiger partial charge in [0.2, 0.25) is 0 Å². The summed E-state index contributed by atoms with van der Waals surface area (Å²) in [7, 11) is 1.57. The summed E-state index contributed by atoms with van der Waals surface area (Å²) >= 11 is 0. The van der Waals surface area contributed by atoms with Crippen LogP contribution in [0, 0.1) is 5.82 Å². The molecular weight excluding hydrogens is 179 g/mol. The van der Waals surface area contributed by atoms with Crippen molar-refractivity contribution in [3.8, 4) is 5.75 Å². The molecule has 0 aliphatic heterocycles. The Morgan fingerprint density at radius 2 is 2.07 bits per heavy atom. The van der Waals surface area contributed by atoms with Gasteiger partial charge in [0.1, 0.15) is 11.6 Å². The largest absolute Gasteiger partial charge is 0.497 e. The van der Waals surface area contributed by atoms with Crippen LogP contribution in [0.1, 0.15) is 31.4 Å². The first-order valence-electron chi connectivity index (χ1n) is 4.91. The topological polar surface area (TPSA) is 9.23 Å². The zero-order chi connectivity index (χ0) is 10.3. The first-order valence-corrected chi connectivity index (χ1v) is 4.91. The van der Waals surface area contributed by atoms with E-state index in [-0.39, 0.29) is 11.2 Å². The van der Waals surface area contributed by atoms with Crippen molar-refractivity contribution in [2.24, 2.45) is 0 Å². The molecule has 0 saturated heterocycles. The molecule has 2 heteroatoms. The Hall–Kier alpha value is -1.05. The molecule has 1 nitrogen and oxygen atoms in total.